The van der Waals surface area contributed by atoms with E-state index in [1.54, 1.807) is 12.1 Å². The lowest BCUT2D eigenvalue weighted by molar-refractivity contribution is -0.118. The van der Waals surface area contributed by atoms with Gasteiger partial charge < -0.3 is 10.5 Å². The summed E-state index contributed by atoms with van der Waals surface area (Å²) in [7, 11) is 0. The molecule has 0 unspecified atom stereocenters. The van der Waals surface area contributed by atoms with Crippen molar-refractivity contribution >= 4 is 11.8 Å². The Labute approximate surface area is 141 Å². The number of nitrogens with one attached hydrogen (secondary N) is 1. The van der Waals surface area contributed by atoms with Crippen LogP contribution in [0.3, 0.4) is 0 Å². The first kappa shape index (κ1) is 17.6. The fourth-order valence-electron chi connectivity index (χ4n) is 2.17. The molecule has 1 aromatic heterocycles. The molecule has 126 valence electrons. The molecule has 0 spiro atoms. The SMILES string of the molecule is NCC(=O)NC(=O)c1ncccc1OCCCCc1ccccc1. The molecule has 0 aliphatic rings. The molecule has 0 bridgehead atoms. The molecule has 24 heavy (non-hydrogen) atoms. The number of aromatic nitrogens is 1. The lowest BCUT2D eigenvalue weighted by Gasteiger charge is -2.10. The number of amides is 2. The number of carbonyl (C=O) groups excluding carboxylic acids is 2. The molecule has 1 heterocycles. The average molecular weight is 327 g/mol. The fourth-order valence-corrected chi connectivity index (χ4v) is 2.17. The molecule has 6 heteroatoms. The van der Waals surface area contributed by atoms with Gasteiger partial charge >= 0.3 is 0 Å². The van der Waals surface area contributed by atoms with Gasteiger partial charge in [-0.2, -0.15) is 0 Å². The van der Waals surface area contributed by atoms with Gasteiger partial charge in [-0.05, 0) is 37.0 Å². The van der Waals surface area contributed by atoms with E-state index in [1.165, 1.54) is 11.8 Å². The molecule has 0 radical (unpaired) electrons. The van der Waals surface area contributed by atoms with Crippen molar-refractivity contribution < 1.29 is 14.3 Å². The zero-order valence-electron chi connectivity index (χ0n) is 13.4. The van der Waals surface area contributed by atoms with E-state index in [-0.39, 0.29) is 12.2 Å². The largest absolute Gasteiger partial charge is 0.491 e. The van der Waals surface area contributed by atoms with E-state index >= 15 is 0 Å². The smallest absolute Gasteiger partial charge is 0.280 e. The summed E-state index contributed by atoms with van der Waals surface area (Å²) >= 11 is 0. The van der Waals surface area contributed by atoms with Crippen LogP contribution in [0.25, 0.3) is 0 Å². The number of imide groups is 1. The van der Waals surface area contributed by atoms with E-state index in [2.05, 4.69) is 22.4 Å². The molecule has 0 aliphatic carbocycles. The van der Waals surface area contributed by atoms with Gasteiger partial charge in [0.05, 0.1) is 13.2 Å². The molecule has 1 aromatic carbocycles. The Morgan fingerprint density at radius 3 is 2.62 bits per heavy atom. The molecule has 6 nitrogen and oxygen atoms in total. The number of ether oxygens (including phenoxy) is 1. The first-order chi connectivity index (χ1) is 11.7. The molecular formula is C18H21N3O3. The van der Waals surface area contributed by atoms with Gasteiger partial charge in [-0.25, -0.2) is 4.98 Å². The first-order valence-electron chi connectivity index (χ1n) is 7.86. The summed E-state index contributed by atoms with van der Waals surface area (Å²) in [6.07, 6.45) is 4.30. The Bertz CT molecular complexity index is 674. The average Bonchev–Trinajstić information content (AvgIpc) is 2.62. The summed E-state index contributed by atoms with van der Waals surface area (Å²) < 4.78 is 5.65. The molecule has 2 amide bonds. The maximum atomic E-state index is 12.0. The van der Waals surface area contributed by atoms with E-state index in [0.717, 1.165) is 19.3 Å². The van der Waals surface area contributed by atoms with Crippen molar-refractivity contribution in [3.63, 3.8) is 0 Å². The summed E-state index contributed by atoms with van der Waals surface area (Å²) in [5, 5.41) is 2.16. The zero-order chi connectivity index (χ0) is 17.2. The molecule has 0 saturated carbocycles. The molecule has 2 aromatic rings. The summed E-state index contributed by atoms with van der Waals surface area (Å²) in [5.74, 6) is -0.802. The number of benzene rings is 1. The standard InChI is InChI=1S/C18H21N3O3/c19-13-16(22)21-18(23)17-15(10-6-11-20-17)24-12-5-4-9-14-7-2-1-3-8-14/h1-3,6-8,10-11H,4-5,9,12-13,19H2,(H,21,22,23). The second-order valence-corrected chi connectivity index (χ2v) is 5.22. The predicted molar refractivity (Wildman–Crippen MR) is 90.6 cm³/mol. The van der Waals surface area contributed by atoms with Crippen molar-refractivity contribution in [2.24, 2.45) is 5.73 Å². The van der Waals surface area contributed by atoms with Crippen molar-refractivity contribution in [3.05, 3.63) is 59.9 Å². The van der Waals surface area contributed by atoms with Crippen LogP contribution >= 0.6 is 0 Å². The molecule has 0 fully saturated rings. The number of pyridine rings is 1. The minimum Gasteiger partial charge on any atom is -0.491 e. The Hall–Kier alpha value is -2.73. The van der Waals surface area contributed by atoms with Crippen molar-refractivity contribution in [1.29, 1.82) is 0 Å². The van der Waals surface area contributed by atoms with E-state index < -0.39 is 11.8 Å². The topological polar surface area (TPSA) is 94.3 Å². The molecule has 0 saturated heterocycles. The van der Waals surface area contributed by atoms with Gasteiger partial charge in [0.15, 0.2) is 11.4 Å². The Kier molecular flexibility index (Phi) is 6.91. The molecule has 0 aliphatic heterocycles. The third-order valence-electron chi connectivity index (χ3n) is 3.38. The zero-order valence-corrected chi connectivity index (χ0v) is 13.4. The summed E-state index contributed by atoms with van der Waals surface area (Å²) in [6.45, 7) is 0.220. The van der Waals surface area contributed by atoms with Crippen LogP contribution in [0.1, 0.15) is 28.9 Å². The number of unbranched alkanes of at least 4 members (excludes halogenated alkanes) is 1. The van der Waals surface area contributed by atoms with Crippen molar-refractivity contribution in [3.8, 4) is 5.75 Å². The lowest BCUT2D eigenvalue weighted by atomic mass is 10.1. The van der Waals surface area contributed by atoms with Crippen molar-refractivity contribution in [2.75, 3.05) is 13.2 Å². The third-order valence-corrected chi connectivity index (χ3v) is 3.38. The normalized spacial score (nSPS) is 10.2. The minimum absolute atomic E-state index is 0.0855. The fraction of sp³-hybridized carbons (Fsp3) is 0.278. The molecule has 2 rings (SSSR count). The number of aryl methyl sites for hydroxylation is 1. The van der Waals surface area contributed by atoms with Crippen LogP contribution in [0, 0.1) is 0 Å². The maximum Gasteiger partial charge on any atom is 0.280 e. The van der Waals surface area contributed by atoms with Gasteiger partial charge in [-0.1, -0.05) is 30.3 Å². The van der Waals surface area contributed by atoms with Crippen LogP contribution in [0.4, 0.5) is 0 Å². The molecule has 0 atom stereocenters. The number of nitrogens with zero attached hydrogens (tertiary/aromatic N) is 1. The third kappa shape index (κ3) is 5.48. The van der Waals surface area contributed by atoms with E-state index in [9.17, 15) is 9.59 Å². The maximum absolute atomic E-state index is 12.0. The first-order valence-corrected chi connectivity index (χ1v) is 7.86. The number of rotatable bonds is 8. The summed E-state index contributed by atoms with van der Waals surface area (Å²) in [4.78, 5) is 27.2. The van der Waals surface area contributed by atoms with Gasteiger partial charge in [-0.3, -0.25) is 14.9 Å². The molecule has 3 N–H and O–H groups in total. The lowest BCUT2D eigenvalue weighted by Crippen LogP contribution is -2.36. The number of hydrogen-bond donors (Lipinski definition) is 2. The summed E-state index contributed by atoms with van der Waals surface area (Å²) in [5.41, 5.74) is 6.56. The van der Waals surface area contributed by atoms with E-state index in [1.807, 2.05) is 18.2 Å². The van der Waals surface area contributed by atoms with Gasteiger partial charge in [0.25, 0.3) is 5.91 Å². The highest BCUT2D eigenvalue weighted by Gasteiger charge is 2.15. The molecular weight excluding hydrogens is 306 g/mol. The predicted octanol–water partition coefficient (Wildman–Crippen LogP) is 1.70. The van der Waals surface area contributed by atoms with Crippen molar-refractivity contribution in [1.82, 2.24) is 10.3 Å². The van der Waals surface area contributed by atoms with Gasteiger partial charge in [0.1, 0.15) is 0 Å². The summed E-state index contributed by atoms with van der Waals surface area (Å²) in [6, 6.07) is 13.6. The minimum atomic E-state index is -0.606. The number of carbonyl (C=O) groups is 2. The number of nitrogens with two attached hydrogens (primary N) is 1. The van der Waals surface area contributed by atoms with Crippen LogP contribution in [-0.2, 0) is 11.2 Å². The highest BCUT2D eigenvalue weighted by Crippen LogP contribution is 2.16. The van der Waals surface area contributed by atoms with Crippen LogP contribution in [0.2, 0.25) is 0 Å². The highest BCUT2D eigenvalue weighted by atomic mass is 16.5. The Balaban J connectivity index is 1.82. The van der Waals surface area contributed by atoms with E-state index in [0.29, 0.717) is 12.4 Å². The van der Waals surface area contributed by atoms with E-state index in [4.69, 9.17) is 10.5 Å². The van der Waals surface area contributed by atoms with Crippen LogP contribution in [0.15, 0.2) is 48.7 Å². The number of hydrogen-bond acceptors (Lipinski definition) is 5. The van der Waals surface area contributed by atoms with Crippen LogP contribution < -0.4 is 15.8 Å². The van der Waals surface area contributed by atoms with Gasteiger partial charge in [0, 0.05) is 6.20 Å². The van der Waals surface area contributed by atoms with Crippen LogP contribution in [-0.4, -0.2) is 29.9 Å². The van der Waals surface area contributed by atoms with Crippen molar-refractivity contribution in [2.45, 2.75) is 19.3 Å². The monoisotopic (exact) mass is 327 g/mol. The quantitative estimate of drug-likeness (QED) is 0.720. The van der Waals surface area contributed by atoms with Gasteiger partial charge in [0.2, 0.25) is 5.91 Å². The Morgan fingerprint density at radius 1 is 1.08 bits per heavy atom. The van der Waals surface area contributed by atoms with Crippen LogP contribution in [0.5, 0.6) is 5.75 Å². The Morgan fingerprint density at radius 2 is 1.88 bits per heavy atom. The second-order valence-electron chi connectivity index (χ2n) is 5.22. The second kappa shape index (κ2) is 9.42. The highest BCUT2D eigenvalue weighted by molar-refractivity contribution is 6.05. The van der Waals surface area contributed by atoms with Gasteiger partial charge in [-0.15, -0.1) is 0 Å².